The van der Waals surface area contributed by atoms with Crippen LogP contribution in [0.25, 0.3) is 16.9 Å². The number of benzene rings is 1. The molecule has 1 amide bonds. The minimum absolute atomic E-state index is 0.222. The van der Waals surface area contributed by atoms with Crippen molar-refractivity contribution in [1.82, 2.24) is 14.6 Å². The maximum atomic E-state index is 12.4. The molecule has 4 rings (SSSR count). The first-order chi connectivity index (χ1) is 13.1. The van der Waals surface area contributed by atoms with Crippen molar-refractivity contribution in [3.05, 3.63) is 63.8 Å². The highest BCUT2D eigenvalue weighted by Crippen LogP contribution is 2.29. The number of carbonyl (C=O) groups is 1. The number of nitrogens with one attached hydrogen (secondary N) is 1. The van der Waals surface area contributed by atoms with E-state index in [4.69, 9.17) is 4.74 Å². The summed E-state index contributed by atoms with van der Waals surface area (Å²) < 4.78 is 7.13. The van der Waals surface area contributed by atoms with Crippen LogP contribution in [0.2, 0.25) is 0 Å². The normalized spacial score (nSPS) is 10.9. The first kappa shape index (κ1) is 17.2. The Labute approximate surface area is 160 Å². The lowest BCUT2D eigenvalue weighted by molar-refractivity contribution is 0.102. The number of aryl methyl sites for hydroxylation is 2. The Kier molecular flexibility index (Phi) is 4.37. The SMILES string of the molecule is COc1ccc(-c2ccccc2C)n2nc(NC(=O)c3ccc(C)s3)nc12. The topological polar surface area (TPSA) is 68.5 Å². The number of hydrogen-bond donors (Lipinski definition) is 1. The Bertz CT molecular complexity index is 1150. The van der Waals surface area contributed by atoms with E-state index in [1.807, 2.05) is 56.3 Å². The van der Waals surface area contributed by atoms with Gasteiger partial charge in [0, 0.05) is 10.4 Å². The highest BCUT2D eigenvalue weighted by molar-refractivity contribution is 7.14. The minimum Gasteiger partial charge on any atom is -0.493 e. The predicted molar refractivity (Wildman–Crippen MR) is 107 cm³/mol. The van der Waals surface area contributed by atoms with E-state index >= 15 is 0 Å². The number of ether oxygens (including phenoxy) is 1. The number of hydrogen-bond acceptors (Lipinski definition) is 5. The molecule has 0 radical (unpaired) electrons. The van der Waals surface area contributed by atoms with Gasteiger partial charge < -0.3 is 4.74 Å². The van der Waals surface area contributed by atoms with Gasteiger partial charge in [-0.25, -0.2) is 4.52 Å². The quantitative estimate of drug-likeness (QED) is 0.574. The Hall–Kier alpha value is -3.19. The van der Waals surface area contributed by atoms with Crippen LogP contribution in [0, 0.1) is 13.8 Å². The fraction of sp³-hybridized carbons (Fsp3) is 0.150. The zero-order valence-electron chi connectivity index (χ0n) is 15.2. The molecule has 27 heavy (non-hydrogen) atoms. The van der Waals surface area contributed by atoms with E-state index in [2.05, 4.69) is 15.4 Å². The maximum Gasteiger partial charge on any atom is 0.268 e. The molecular formula is C20H18N4O2S. The van der Waals surface area contributed by atoms with E-state index in [-0.39, 0.29) is 11.9 Å². The van der Waals surface area contributed by atoms with Crippen LogP contribution >= 0.6 is 11.3 Å². The molecule has 1 N–H and O–H groups in total. The van der Waals surface area contributed by atoms with Crippen molar-refractivity contribution in [2.45, 2.75) is 13.8 Å². The van der Waals surface area contributed by atoms with Gasteiger partial charge in [0.25, 0.3) is 5.91 Å². The van der Waals surface area contributed by atoms with E-state index in [9.17, 15) is 4.79 Å². The summed E-state index contributed by atoms with van der Waals surface area (Å²) in [5.41, 5.74) is 3.60. The number of nitrogens with zero attached hydrogens (tertiary/aromatic N) is 3. The molecule has 6 nitrogen and oxygen atoms in total. The molecule has 3 aromatic heterocycles. The van der Waals surface area contributed by atoms with Crippen LogP contribution in [0.15, 0.2) is 48.5 Å². The van der Waals surface area contributed by atoms with Crippen molar-refractivity contribution in [3.63, 3.8) is 0 Å². The van der Waals surface area contributed by atoms with Crippen LogP contribution in [0.4, 0.5) is 5.95 Å². The molecule has 0 fully saturated rings. The zero-order valence-corrected chi connectivity index (χ0v) is 16.0. The van der Waals surface area contributed by atoms with Crippen molar-refractivity contribution in [2.75, 3.05) is 12.4 Å². The Balaban J connectivity index is 1.79. The number of carbonyl (C=O) groups excluding carboxylic acids is 1. The fourth-order valence-corrected chi connectivity index (χ4v) is 3.70. The molecule has 0 aliphatic rings. The molecule has 0 aliphatic carbocycles. The second-order valence-electron chi connectivity index (χ2n) is 6.14. The predicted octanol–water partition coefficient (Wildman–Crippen LogP) is 4.34. The first-order valence-electron chi connectivity index (χ1n) is 8.44. The minimum atomic E-state index is -0.222. The molecule has 0 aliphatic heterocycles. The average molecular weight is 378 g/mol. The molecular weight excluding hydrogens is 360 g/mol. The molecule has 3 heterocycles. The molecule has 0 saturated heterocycles. The van der Waals surface area contributed by atoms with Gasteiger partial charge in [0.2, 0.25) is 5.95 Å². The summed E-state index contributed by atoms with van der Waals surface area (Å²) in [4.78, 5) is 18.6. The average Bonchev–Trinajstić information content (AvgIpc) is 3.27. The van der Waals surface area contributed by atoms with Gasteiger partial charge in [0.1, 0.15) is 0 Å². The van der Waals surface area contributed by atoms with E-state index in [0.717, 1.165) is 21.7 Å². The van der Waals surface area contributed by atoms with Crippen molar-refractivity contribution >= 4 is 28.8 Å². The zero-order chi connectivity index (χ0) is 19.0. The van der Waals surface area contributed by atoms with Gasteiger partial charge in [-0.3, -0.25) is 10.1 Å². The third-order valence-electron chi connectivity index (χ3n) is 4.28. The van der Waals surface area contributed by atoms with Crippen molar-refractivity contribution < 1.29 is 9.53 Å². The van der Waals surface area contributed by atoms with Gasteiger partial charge >= 0.3 is 0 Å². The maximum absolute atomic E-state index is 12.4. The summed E-state index contributed by atoms with van der Waals surface area (Å²) in [6.45, 7) is 4.01. The van der Waals surface area contributed by atoms with Crippen LogP contribution in [0.1, 0.15) is 20.1 Å². The summed E-state index contributed by atoms with van der Waals surface area (Å²) in [5.74, 6) is 0.609. The van der Waals surface area contributed by atoms with Crippen LogP contribution < -0.4 is 10.1 Å². The number of aromatic nitrogens is 3. The monoisotopic (exact) mass is 378 g/mol. The molecule has 136 valence electrons. The van der Waals surface area contributed by atoms with Gasteiger partial charge in [-0.05, 0) is 43.7 Å². The number of thiophene rings is 1. The lowest BCUT2D eigenvalue weighted by atomic mass is 10.1. The third-order valence-corrected chi connectivity index (χ3v) is 5.28. The van der Waals surface area contributed by atoms with Crippen LogP contribution in [-0.2, 0) is 0 Å². The fourth-order valence-electron chi connectivity index (χ4n) is 2.94. The van der Waals surface area contributed by atoms with Gasteiger partial charge in [0.05, 0.1) is 17.7 Å². The summed E-state index contributed by atoms with van der Waals surface area (Å²) in [6.07, 6.45) is 0. The first-order valence-corrected chi connectivity index (χ1v) is 9.26. The lowest BCUT2D eigenvalue weighted by Crippen LogP contribution is -2.11. The Morgan fingerprint density at radius 2 is 1.93 bits per heavy atom. The number of anilines is 1. The van der Waals surface area contributed by atoms with E-state index in [0.29, 0.717) is 16.3 Å². The second kappa shape index (κ2) is 6.85. The summed E-state index contributed by atoms with van der Waals surface area (Å²) in [6, 6.07) is 15.6. The van der Waals surface area contributed by atoms with Crippen molar-refractivity contribution in [2.24, 2.45) is 0 Å². The standard InChI is InChI=1S/C20H18N4O2S/c1-12-6-4-5-7-14(12)15-9-10-16(26-3)18-21-20(23-24(15)18)22-19(25)17-11-8-13(2)27-17/h4-11H,1-3H3,(H,22,23,25). The van der Waals surface area contributed by atoms with Crippen LogP contribution in [0.5, 0.6) is 5.75 Å². The molecule has 0 bridgehead atoms. The van der Waals surface area contributed by atoms with Gasteiger partial charge in [-0.15, -0.1) is 16.4 Å². The van der Waals surface area contributed by atoms with E-state index < -0.39 is 0 Å². The van der Waals surface area contributed by atoms with Crippen LogP contribution in [-0.4, -0.2) is 27.6 Å². The van der Waals surface area contributed by atoms with Crippen LogP contribution in [0.3, 0.4) is 0 Å². The number of methoxy groups -OCH3 is 1. The number of fused-ring (bicyclic) bond motifs is 1. The lowest BCUT2D eigenvalue weighted by Gasteiger charge is -2.09. The highest BCUT2D eigenvalue weighted by Gasteiger charge is 2.17. The molecule has 0 saturated carbocycles. The van der Waals surface area contributed by atoms with E-state index in [1.54, 1.807) is 17.7 Å². The van der Waals surface area contributed by atoms with Crippen molar-refractivity contribution in [3.8, 4) is 17.0 Å². The Morgan fingerprint density at radius 1 is 1.11 bits per heavy atom. The molecule has 7 heteroatoms. The summed E-state index contributed by atoms with van der Waals surface area (Å²) in [7, 11) is 1.59. The van der Waals surface area contributed by atoms with E-state index in [1.165, 1.54) is 11.3 Å². The molecule has 0 spiro atoms. The Morgan fingerprint density at radius 3 is 2.63 bits per heavy atom. The number of rotatable bonds is 4. The molecule has 0 atom stereocenters. The van der Waals surface area contributed by atoms with Gasteiger partial charge in [-0.2, -0.15) is 4.98 Å². The second-order valence-corrected chi connectivity index (χ2v) is 7.43. The van der Waals surface area contributed by atoms with Gasteiger partial charge in [-0.1, -0.05) is 24.3 Å². The number of pyridine rings is 1. The molecule has 4 aromatic rings. The van der Waals surface area contributed by atoms with Gasteiger partial charge in [0.15, 0.2) is 11.4 Å². The molecule has 0 unspecified atom stereocenters. The number of amides is 1. The van der Waals surface area contributed by atoms with Crippen molar-refractivity contribution in [1.29, 1.82) is 0 Å². The third kappa shape index (κ3) is 3.17. The summed E-state index contributed by atoms with van der Waals surface area (Å²) in [5, 5.41) is 7.29. The largest absolute Gasteiger partial charge is 0.493 e. The highest BCUT2D eigenvalue weighted by atomic mass is 32.1. The smallest absolute Gasteiger partial charge is 0.268 e. The molecule has 1 aromatic carbocycles. The summed E-state index contributed by atoms with van der Waals surface area (Å²) >= 11 is 1.43.